The Balaban J connectivity index is 2.26. The van der Waals surface area contributed by atoms with Gasteiger partial charge in [-0.2, -0.15) is 0 Å². The quantitative estimate of drug-likeness (QED) is 0.878. The van der Waals surface area contributed by atoms with Gasteiger partial charge < -0.3 is 10.5 Å². The van der Waals surface area contributed by atoms with Crippen LogP contribution in [0, 0.1) is 5.92 Å². The Bertz CT molecular complexity index is 425. The second-order valence-electron chi connectivity index (χ2n) is 6.22. The van der Waals surface area contributed by atoms with Crippen molar-refractivity contribution in [1.29, 1.82) is 0 Å². The highest BCUT2D eigenvalue weighted by Gasteiger charge is 2.32. The van der Waals surface area contributed by atoms with Gasteiger partial charge in [-0.05, 0) is 30.0 Å². The van der Waals surface area contributed by atoms with Gasteiger partial charge in [0.25, 0.3) is 0 Å². The molecular weight excluding hydrogens is 222 g/mol. The van der Waals surface area contributed by atoms with Gasteiger partial charge in [0.2, 0.25) is 0 Å². The van der Waals surface area contributed by atoms with E-state index in [1.54, 1.807) is 0 Å². The highest BCUT2D eigenvalue weighted by molar-refractivity contribution is 5.45. The molecule has 1 aliphatic heterocycles. The summed E-state index contributed by atoms with van der Waals surface area (Å²) >= 11 is 0. The van der Waals surface area contributed by atoms with E-state index in [9.17, 15) is 0 Å². The molecule has 0 radical (unpaired) electrons. The van der Waals surface area contributed by atoms with Gasteiger partial charge in [0.05, 0.1) is 6.61 Å². The number of fused-ring (bicyclic) bond motifs is 1. The summed E-state index contributed by atoms with van der Waals surface area (Å²) in [7, 11) is 0. The monoisotopic (exact) mass is 247 g/mol. The lowest BCUT2D eigenvalue weighted by molar-refractivity contribution is 0.291. The number of nitrogens with two attached hydrogens (primary N) is 1. The Morgan fingerprint density at radius 3 is 2.78 bits per heavy atom. The molecule has 0 spiro atoms. The van der Waals surface area contributed by atoms with Crippen LogP contribution < -0.4 is 10.5 Å². The fourth-order valence-electron chi connectivity index (χ4n) is 2.71. The smallest absolute Gasteiger partial charge is 0.123 e. The van der Waals surface area contributed by atoms with Crippen LogP contribution in [0.5, 0.6) is 5.75 Å². The van der Waals surface area contributed by atoms with Gasteiger partial charge in [0.1, 0.15) is 5.75 Å². The number of hydrogen-bond donors (Lipinski definition) is 1. The Morgan fingerprint density at radius 1 is 1.39 bits per heavy atom. The lowest BCUT2D eigenvalue weighted by Gasteiger charge is -2.22. The summed E-state index contributed by atoms with van der Waals surface area (Å²) in [5, 5.41) is 0. The first kappa shape index (κ1) is 13.4. The first-order chi connectivity index (χ1) is 8.45. The van der Waals surface area contributed by atoms with Crippen molar-refractivity contribution in [2.75, 3.05) is 6.61 Å². The molecule has 2 heteroatoms. The molecule has 2 unspecified atom stereocenters. The van der Waals surface area contributed by atoms with Crippen LogP contribution in [0.4, 0.5) is 0 Å². The van der Waals surface area contributed by atoms with Crippen molar-refractivity contribution in [3.63, 3.8) is 0 Å². The van der Waals surface area contributed by atoms with Crippen LogP contribution in [-0.4, -0.2) is 6.61 Å². The molecule has 0 amide bonds. The molecule has 100 valence electrons. The molecule has 1 aromatic carbocycles. The van der Waals surface area contributed by atoms with Gasteiger partial charge in [-0.3, -0.25) is 0 Å². The third kappa shape index (κ3) is 2.39. The topological polar surface area (TPSA) is 35.2 Å². The number of rotatable bonds is 4. The van der Waals surface area contributed by atoms with E-state index in [-0.39, 0.29) is 11.5 Å². The van der Waals surface area contributed by atoms with Crippen molar-refractivity contribution in [1.82, 2.24) is 0 Å². The molecule has 0 bridgehead atoms. The first-order valence-corrected chi connectivity index (χ1v) is 6.98. The summed E-state index contributed by atoms with van der Waals surface area (Å²) in [6, 6.07) is 6.58. The zero-order valence-electron chi connectivity index (χ0n) is 12.0. The van der Waals surface area contributed by atoms with Crippen LogP contribution in [0.1, 0.15) is 57.7 Å². The molecule has 0 aliphatic carbocycles. The van der Waals surface area contributed by atoms with Crippen LogP contribution in [0.3, 0.4) is 0 Å². The zero-order chi connectivity index (χ0) is 13.3. The normalized spacial score (nSPS) is 20.1. The second kappa shape index (κ2) is 4.93. The molecule has 0 fully saturated rings. The zero-order valence-corrected chi connectivity index (χ0v) is 12.0. The molecule has 0 saturated heterocycles. The molecule has 1 heterocycles. The van der Waals surface area contributed by atoms with E-state index >= 15 is 0 Å². The standard InChI is InChI=1S/C16H25NO/c1-5-6-11(2)15(17)12-7-8-14-13(9-12)16(3,4)10-18-14/h7-9,11,15H,5-6,10,17H2,1-4H3. The Kier molecular flexibility index (Phi) is 3.67. The Morgan fingerprint density at radius 2 is 2.11 bits per heavy atom. The average Bonchev–Trinajstić information content (AvgIpc) is 2.64. The van der Waals surface area contributed by atoms with E-state index < -0.39 is 0 Å². The van der Waals surface area contributed by atoms with E-state index in [0.29, 0.717) is 5.92 Å². The predicted molar refractivity (Wildman–Crippen MR) is 76.0 cm³/mol. The maximum absolute atomic E-state index is 6.37. The fraction of sp³-hybridized carbons (Fsp3) is 0.625. The lowest BCUT2D eigenvalue weighted by atomic mass is 9.83. The minimum atomic E-state index is 0.110. The van der Waals surface area contributed by atoms with Crippen molar-refractivity contribution in [3.05, 3.63) is 29.3 Å². The molecule has 1 aromatic rings. The first-order valence-electron chi connectivity index (χ1n) is 6.98. The Labute approximate surface area is 111 Å². The molecule has 18 heavy (non-hydrogen) atoms. The SMILES string of the molecule is CCCC(C)C(N)c1ccc2c(c1)C(C)(C)CO2. The maximum Gasteiger partial charge on any atom is 0.123 e. The molecule has 0 aromatic heterocycles. The molecular formula is C16H25NO. The van der Waals surface area contributed by atoms with Gasteiger partial charge in [0.15, 0.2) is 0 Å². The molecule has 2 N–H and O–H groups in total. The van der Waals surface area contributed by atoms with E-state index in [2.05, 4.69) is 45.9 Å². The van der Waals surface area contributed by atoms with Gasteiger partial charge in [-0.15, -0.1) is 0 Å². The lowest BCUT2D eigenvalue weighted by Crippen LogP contribution is -2.21. The van der Waals surface area contributed by atoms with E-state index in [1.165, 1.54) is 24.0 Å². The molecule has 2 atom stereocenters. The fourth-order valence-corrected chi connectivity index (χ4v) is 2.71. The average molecular weight is 247 g/mol. The van der Waals surface area contributed by atoms with Crippen molar-refractivity contribution >= 4 is 0 Å². The largest absolute Gasteiger partial charge is 0.492 e. The van der Waals surface area contributed by atoms with Crippen molar-refractivity contribution in [2.24, 2.45) is 11.7 Å². The van der Waals surface area contributed by atoms with E-state index in [0.717, 1.165) is 12.4 Å². The summed E-state index contributed by atoms with van der Waals surface area (Å²) in [5.74, 6) is 1.55. The highest BCUT2D eigenvalue weighted by atomic mass is 16.5. The van der Waals surface area contributed by atoms with Gasteiger partial charge >= 0.3 is 0 Å². The summed E-state index contributed by atoms with van der Waals surface area (Å²) in [5.41, 5.74) is 9.03. The third-order valence-electron chi connectivity index (χ3n) is 4.06. The van der Waals surface area contributed by atoms with Crippen molar-refractivity contribution in [2.45, 2.75) is 52.0 Å². The minimum absolute atomic E-state index is 0.110. The van der Waals surface area contributed by atoms with Crippen molar-refractivity contribution in [3.8, 4) is 5.75 Å². The summed E-state index contributed by atoms with van der Waals surface area (Å²) < 4.78 is 5.72. The van der Waals surface area contributed by atoms with Gasteiger partial charge in [-0.1, -0.05) is 40.2 Å². The number of hydrogen-bond acceptors (Lipinski definition) is 2. The Hall–Kier alpha value is -1.02. The van der Waals surface area contributed by atoms with Crippen LogP contribution >= 0.6 is 0 Å². The summed E-state index contributed by atoms with van der Waals surface area (Å²) in [6.45, 7) is 9.67. The molecule has 0 saturated carbocycles. The second-order valence-corrected chi connectivity index (χ2v) is 6.22. The van der Waals surface area contributed by atoms with Crippen LogP contribution in [-0.2, 0) is 5.41 Å². The molecule has 2 nitrogen and oxygen atoms in total. The highest BCUT2D eigenvalue weighted by Crippen LogP contribution is 2.40. The van der Waals surface area contributed by atoms with Gasteiger partial charge in [-0.25, -0.2) is 0 Å². The summed E-state index contributed by atoms with van der Waals surface area (Å²) in [6.07, 6.45) is 2.37. The van der Waals surface area contributed by atoms with E-state index in [1.807, 2.05) is 0 Å². The van der Waals surface area contributed by atoms with Gasteiger partial charge in [0, 0.05) is 17.0 Å². The maximum atomic E-state index is 6.37. The van der Waals surface area contributed by atoms with E-state index in [4.69, 9.17) is 10.5 Å². The number of ether oxygens (including phenoxy) is 1. The molecule has 1 aliphatic rings. The van der Waals surface area contributed by atoms with Crippen molar-refractivity contribution < 1.29 is 4.74 Å². The number of benzene rings is 1. The van der Waals surface area contributed by atoms with Crippen LogP contribution in [0.15, 0.2) is 18.2 Å². The van der Waals surface area contributed by atoms with Crippen LogP contribution in [0.25, 0.3) is 0 Å². The summed E-state index contributed by atoms with van der Waals surface area (Å²) in [4.78, 5) is 0. The third-order valence-corrected chi connectivity index (χ3v) is 4.06. The van der Waals surface area contributed by atoms with Crippen LogP contribution in [0.2, 0.25) is 0 Å². The minimum Gasteiger partial charge on any atom is -0.492 e. The molecule has 2 rings (SSSR count). The predicted octanol–water partition coefficient (Wildman–Crippen LogP) is 3.79.